The van der Waals surface area contributed by atoms with E-state index in [4.69, 9.17) is 4.74 Å². The third-order valence-electron chi connectivity index (χ3n) is 2.86. The lowest BCUT2D eigenvalue weighted by Gasteiger charge is -2.22. The van der Waals surface area contributed by atoms with Gasteiger partial charge in [0.15, 0.2) is 11.1 Å². The van der Waals surface area contributed by atoms with E-state index in [0.717, 1.165) is 0 Å². The van der Waals surface area contributed by atoms with Gasteiger partial charge in [0.25, 0.3) is 0 Å². The number of rotatable bonds is 2. The molecule has 1 N–H and O–H groups in total. The fourth-order valence-electron chi connectivity index (χ4n) is 2.00. The van der Waals surface area contributed by atoms with Crippen LogP contribution in [0.3, 0.4) is 0 Å². The van der Waals surface area contributed by atoms with Crippen molar-refractivity contribution in [2.45, 2.75) is 39.7 Å². The first-order chi connectivity index (χ1) is 10.2. The van der Waals surface area contributed by atoms with Crippen LogP contribution in [-0.4, -0.2) is 21.4 Å². The summed E-state index contributed by atoms with van der Waals surface area (Å²) >= 11 is 3.29. The minimum absolute atomic E-state index is 0.136. The zero-order chi connectivity index (χ0) is 16.5. The Hall–Kier alpha value is -1.89. The molecule has 7 heteroatoms. The smallest absolute Gasteiger partial charge is 0.427 e. The highest BCUT2D eigenvalue weighted by atomic mass is 79.9. The van der Waals surface area contributed by atoms with Crippen LogP contribution in [0.1, 0.15) is 33.4 Å². The van der Waals surface area contributed by atoms with Crippen molar-refractivity contribution < 1.29 is 9.53 Å². The predicted octanol–water partition coefficient (Wildman–Crippen LogP) is 3.20. The lowest BCUT2D eigenvalue weighted by molar-refractivity contribution is 0.0613. The molecule has 118 valence electrons. The van der Waals surface area contributed by atoms with Crippen molar-refractivity contribution in [3.8, 4) is 0 Å². The van der Waals surface area contributed by atoms with Gasteiger partial charge in [0.1, 0.15) is 5.60 Å². The van der Waals surface area contributed by atoms with Crippen LogP contribution in [0, 0.1) is 0 Å². The highest BCUT2D eigenvalue weighted by Gasteiger charge is 2.18. The molecule has 0 atom stereocenters. The van der Waals surface area contributed by atoms with Crippen LogP contribution in [-0.2, 0) is 11.2 Å². The van der Waals surface area contributed by atoms with E-state index in [1.54, 1.807) is 33.0 Å². The van der Waals surface area contributed by atoms with Crippen LogP contribution < -0.4 is 10.9 Å². The molecule has 0 aliphatic heterocycles. The van der Waals surface area contributed by atoms with Gasteiger partial charge >= 0.3 is 6.09 Å². The Morgan fingerprint density at radius 1 is 1.41 bits per heavy atom. The van der Waals surface area contributed by atoms with E-state index in [9.17, 15) is 9.59 Å². The first-order valence-electron chi connectivity index (χ1n) is 6.91. The molecular weight excluding hydrogens is 350 g/mol. The van der Waals surface area contributed by atoms with Crippen molar-refractivity contribution in [1.82, 2.24) is 9.66 Å². The van der Waals surface area contributed by atoms with Gasteiger partial charge in [0.05, 0.1) is 5.39 Å². The number of carbonyl (C=O) groups excluding carboxylic acids is 1. The number of hydrogen-bond acceptors (Lipinski definition) is 4. The van der Waals surface area contributed by atoms with Crippen LogP contribution >= 0.6 is 15.9 Å². The van der Waals surface area contributed by atoms with Gasteiger partial charge in [0.2, 0.25) is 0 Å². The van der Waals surface area contributed by atoms with Crippen LogP contribution in [0.5, 0.6) is 0 Å². The summed E-state index contributed by atoms with van der Waals surface area (Å²) in [6, 6.07) is 3.17. The number of aromatic nitrogens is 2. The maximum Gasteiger partial charge on any atom is 0.427 e. The zero-order valence-corrected chi connectivity index (χ0v) is 14.5. The third kappa shape index (κ3) is 3.65. The van der Waals surface area contributed by atoms with E-state index in [2.05, 4.69) is 26.3 Å². The number of carbonyl (C=O) groups is 1. The van der Waals surface area contributed by atoms with Crippen LogP contribution in [0.4, 0.5) is 4.79 Å². The van der Waals surface area contributed by atoms with Crippen molar-refractivity contribution in [2.75, 3.05) is 5.43 Å². The number of nitrogens with one attached hydrogen (secondary N) is 1. The fraction of sp³-hybridized carbons (Fsp3) is 0.400. The van der Waals surface area contributed by atoms with Gasteiger partial charge in [-0.15, -0.1) is 0 Å². The van der Waals surface area contributed by atoms with Crippen LogP contribution in [0.2, 0.25) is 0 Å². The fourth-order valence-corrected chi connectivity index (χ4v) is 2.33. The molecule has 0 radical (unpaired) electrons. The van der Waals surface area contributed by atoms with Gasteiger partial charge in [-0.1, -0.05) is 6.92 Å². The molecule has 0 fully saturated rings. The largest absolute Gasteiger partial charge is 0.443 e. The van der Waals surface area contributed by atoms with E-state index < -0.39 is 11.7 Å². The number of ether oxygens (including phenoxy) is 1. The van der Waals surface area contributed by atoms with Crippen molar-refractivity contribution >= 4 is 33.1 Å². The maximum absolute atomic E-state index is 12.2. The van der Waals surface area contributed by atoms with E-state index in [1.165, 1.54) is 10.7 Å². The Labute approximate surface area is 136 Å². The number of pyridine rings is 2. The summed E-state index contributed by atoms with van der Waals surface area (Å²) < 4.78 is 7.45. The summed E-state index contributed by atoms with van der Waals surface area (Å²) in [4.78, 5) is 28.4. The predicted molar refractivity (Wildman–Crippen MR) is 88.7 cm³/mol. The molecule has 2 aromatic heterocycles. The van der Waals surface area contributed by atoms with E-state index in [1.807, 2.05) is 6.92 Å². The number of hydrogen-bond donors (Lipinski definition) is 1. The molecule has 0 saturated carbocycles. The molecule has 2 rings (SSSR count). The molecule has 0 aromatic carbocycles. The summed E-state index contributed by atoms with van der Waals surface area (Å²) in [7, 11) is 0. The second-order valence-electron chi connectivity index (χ2n) is 5.83. The molecule has 0 bridgehead atoms. The molecule has 0 spiro atoms. The molecular formula is C15H18BrN3O3. The highest BCUT2D eigenvalue weighted by Crippen LogP contribution is 2.16. The van der Waals surface area contributed by atoms with Crippen LogP contribution in [0.15, 0.2) is 27.6 Å². The number of nitrogens with zero attached hydrogens (tertiary/aromatic N) is 2. The Balaban J connectivity index is 2.54. The highest BCUT2D eigenvalue weighted by molar-refractivity contribution is 9.10. The van der Waals surface area contributed by atoms with Gasteiger partial charge in [-0.2, -0.15) is 0 Å². The molecule has 0 aliphatic carbocycles. The van der Waals surface area contributed by atoms with Crippen LogP contribution in [0.25, 0.3) is 11.0 Å². The average Bonchev–Trinajstić information content (AvgIpc) is 2.39. The Morgan fingerprint density at radius 2 is 2.09 bits per heavy atom. The lowest BCUT2D eigenvalue weighted by atomic mass is 10.2. The van der Waals surface area contributed by atoms with E-state index in [0.29, 0.717) is 27.6 Å². The number of fused-ring (bicyclic) bond motifs is 1. The minimum Gasteiger partial charge on any atom is -0.443 e. The number of halogens is 1. The normalized spacial score (nSPS) is 11.5. The Bertz CT molecular complexity index is 778. The molecule has 0 saturated heterocycles. The average molecular weight is 368 g/mol. The van der Waals surface area contributed by atoms with Gasteiger partial charge in [-0.05, 0) is 49.2 Å². The summed E-state index contributed by atoms with van der Waals surface area (Å²) in [5.41, 5.74) is 2.94. The molecule has 6 nitrogen and oxygen atoms in total. The third-order valence-corrected chi connectivity index (χ3v) is 3.29. The van der Waals surface area contributed by atoms with E-state index in [-0.39, 0.29) is 5.43 Å². The first-order valence-corrected chi connectivity index (χ1v) is 7.71. The molecule has 2 heterocycles. The molecule has 0 unspecified atom stereocenters. The molecule has 2 aromatic rings. The second kappa shape index (κ2) is 6.08. The molecule has 1 amide bonds. The summed E-state index contributed by atoms with van der Waals surface area (Å²) in [5, 5.41) is 0.419. The molecule has 0 aliphatic rings. The van der Waals surface area contributed by atoms with Gasteiger partial charge in [0, 0.05) is 22.4 Å². The van der Waals surface area contributed by atoms with Crippen molar-refractivity contribution in [1.29, 1.82) is 0 Å². The second-order valence-corrected chi connectivity index (χ2v) is 6.74. The van der Waals surface area contributed by atoms with Gasteiger partial charge < -0.3 is 4.74 Å². The zero-order valence-electron chi connectivity index (χ0n) is 12.9. The number of amides is 1. The SMILES string of the molecule is CCc1cc(=O)c2cc(Br)cnc2n1NC(=O)OC(C)(C)C. The summed E-state index contributed by atoms with van der Waals surface area (Å²) in [6.07, 6.45) is 1.55. The quantitative estimate of drug-likeness (QED) is 0.884. The number of aryl methyl sites for hydroxylation is 1. The molecule has 22 heavy (non-hydrogen) atoms. The van der Waals surface area contributed by atoms with Gasteiger partial charge in [-0.25, -0.2) is 19.9 Å². The Morgan fingerprint density at radius 3 is 2.68 bits per heavy atom. The van der Waals surface area contributed by atoms with Crippen molar-refractivity contribution in [2.24, 2.45) is 0 Å². The first kappa shape index (κ1) is 16.5. The minimum atomic E-state index is -0.609. The van der Waals surface area contributed by atoms with Crippen molar-refractivity contribution in [3.63, 3.8) is 0 Å². The standard InChI is InChI=1S/C15H18BrN3O3/c1-5-10-7-12(20)11-6-9(16)8-17-13(11)19(10)18-14(21)22-15(2,3)4/h6-8H,5H2,1-4H3,(H,18,21). The van der Waals surface area contributed by atoms with Crippen molar-refractivity contribution in [3.05, 3.63) is 38.7 Å². The Kier molecular flexibility index (Phi) is 4.55. The van der Waals surface area contributed by atoms with E-state index >= 15 is 0 Å². The summed E-state index contributed by atoms with van der Waals surface area (Å²) in [6.45, 7) is 7.25. The maximum atomic E-state index is 12.2. The van der Waals surface area contributed by atoms with Gasteiger partial charge in [-0.3, -0.25) is 4.79 Å². The topological polar surface area (TPSA) is 73.2 Å². The summed E-state index contributed by atoms with van der Waals surface area (Å²) in [5.74, 6) is 0. The lowest BCUT2D eigenvalue weighted by Crippen LogP contribution is -2.33. The monoisotopic (exact) mass is 367 g/mol.